The zero-order valence-electron chi connectivity index (χ0n) is 21.7. The minimum absolute atomic E-state index is 0.106. The molecule has 0 aliphatic carbocycles. The molecule has 212 valence electrons. The van der Waals surface area contributed by atoms with Gasteiger partial charge in [-0.05, 0) is 54.1 Å². The van der Waals surface area contributed by atoms with E-state index in [4.69, 9.17) is 27.9 Å². The summed E-state index contributed by atoms with van der Waals surface area (Å²) in [7, 11) is 0. The Bertz CT molecular complexity index is 1430. The fourth-order valence-electron chi connectivity index (χ4n) is 3.34. The van der Waals surface area contributed by atoms with Crippen molar-refractivity contribution < 1.29 is 32.3 Å². The zero-order valence-corrected chi connectivity index (χ0v) is 23.2. The number of hydrogen-bond donors (Lipinski definition) is 3. The normalized spacial score (nSPS) is 11.2. The summed E-state index contributed by atoms with van der Waals surface area (Å²) in [6.45, 7) is 4.52. The van der Waals surface area contributed by atoms with Crippen molar-refractivity contribution in [2.24, 2.45) is 5.41 Å². The van der Waals surface area contributed by atoms with Crippen LogP contribution in [0.5, 0.6) is 5.75 Å². The Balaban J connectivity index is 1.84. The predicted molar refractivity (Wildman–Crippen MR) is 148 cm³/mol. The Morgan fingerprint density at radius 2 is 1.48 bits per heavy atom. The first-order chi connectivity index (χ1) is 18.7. The van der Waals surface area contributed by atoms with Crippen LogP contribution in [0.1, 0.15) is 47.1 Å². The third-order valence-electron chi connectivity index (χ3n) is 5.43. The molecule has 12 heteroatoms. The Labute approximate surface area is 239 Å². The van der Waals surface area contributed by atoms with Crippen LogP contribution >= 0.6 is 23.2 Å². The lowest BCUT2D eigenvalue weighted by molar-refractivity contribution is -0.128. The second-order valence-electron chi connectivity index (χ2n) is 9.70. The molecule has 0 bridgehead atoms. The van der Waals surface area contributed by atoms with Gasteiger partial charge in [-0.1, -0.05) is 50.0 Å². The quantitative estimate of drug-likeness (QED) is 0.249. The largest absolute Gasteiger partial charge is 0.487 e. The van der Waals surface area contributed by atoms with Gasteiger partial charge in [0.15, 0.2) is 0 Å². The molecule has 0 spiro atoms. The summed E-state index contributed by atoms with van der Waals surface area (Å²) in [6.07, 6.45) is -2.80. The van der Waals surface area contributed by atoms with Crippen LogP contribution in [-0.4, -0.2) is 30.8 Å². The summed E-state index contributed by atoms with van der Waals surface area (Å²) in [5.41, 5.74) is 0.246. The molecule has 0 atom stereocenters. The van der Waals surface area contributed by atoms with Gasteiger partial charge in [0.25, 0.3) is 18.2 Å². The van der Waals surface area contributed by atoms with Crippen LogP contribution in [0.3, 0.4) is 0 Å². The monoisotopic (exact) mass is 595 g/mol. The van der Waals surface area contributed by atoms with Gasteiger partial charge in [0.2, 0.25) is 5.91 Å². The number of ether oxygens (including phenoxy) is 1. The molecule has 40 heavy (non-hydrogen) atoms. The van der Waals surface area contributed by atoms with Crippen molar-refractivity contribution >= 4 is 52.3 Å². The molecule has 0 aliphatic heterocycles. The molecule has 3 amide bonds. The Hall–Kier alpha value is -3.76. The van der Waals surface area contributed by atoms with Crippen LogP contribution in [0.15, 0.2) is 54.6 Å². The number of hydrogen-bond acceptors (Lipinski definition) is 4. The summed E-state index contributed by atoms with van der Waals surface area (Å²) < 4.78 is 44.1. The molecular weight excluding hydrogens is 570 g/mol. The van der Waals surface area contributed by atoms with Gasteiger partial charge in [0.05, 0.1) is 21.2 Å². The van der Waals surface area contributed by atoms with Gasteiger partial charge < -0.3 is 20.7 Å². The minimum atomic E-state index is -2.80. The summed E-state index contributed by atoms with van der Waals surface area (Å²) in [5, 5.41) is 7.81. The van der Waals surface area contributed by atoms with Gasteiger partial charge in [0, 0.05) is 23.3 Å². The molecule has 0 fully saturated rings. The van der Waals surface area contributed by atoms with E-state index in [1.165, 1.54) is 42.5 Å². The van der Waals surface area contributed by atoms with Crippen LogP contribution in [-0.2, 0) is 11.3 Å². The fraction of sp³-hybridized carbons (Fsp3) is 0.250. The van der Waals surface area contributed by atoms with E-state index in [1.807, 2.05) is 0 Å². The topological polar surface area (TPSA) is 96.5 Å². The molecule has 0 heterocycles. The van der Waals surface area contributed by atoms with Crippen LogP contribution in [0.2, 0.25) is 10.0 Å². The zero-order chi connectivity index (χ0) is 29.6. The first-order valence-electron chi connectivity index (χ1n) is 11.9. The minimum Gasteiger partial charge on any atom is -0.487 e. The molecule has 0 aliphatic rings. The number of benzene rings is 3. The van der Waals surface area contributed by atoms with Gasteiger partial charge in [-0.2, -0.15) is 0 Å². The molecule has 0 radical (unpaired) electrons. The highest BCUT2D eigenvalue weighted by Gasteiger charge is 2.21. The van der Waals surface area contributed by atoms with E-state index in [-0.39, 0.29) is 50.7 Å². The maximum Gasteiger partial charge on any atom is 0.272 e. The Morgan fingerprint density at radius 3 is 2.10 bits per heavy atom. The van der Waals surface area contributed by atoms with E-state index < -0.39 is 36.1 Å². The second kappa shape index (κ2) is 13.1. The van der Waals surface area contributed by atoms with Crippen molar-refractivity contribution in [2.45, 2.75) is 33.7 Å². The van der Waals surface area contributed by atoms with Crippen molar-refractivity contribution in [1.82, 2.24) is 5.32 Å². The molecule has 0 aromatic heterocycles. The Kier molecular flexibility index (Phi) is 10.1. The fourth-order valence-corrected chi connectivity index (χ4v) is 3.72. The molecule has 3 aromatic rings. The smallest absolute Gasteiger partial charge is 0.272 e. The van der Waals surface area contributed by atoms with Crippen molar-refractivity contribution in [2.75, 3.05) is 17.2 Å². The summed E-state index contributed by atoms with van der Waals surface area (Å²) in [4.78, 5) is 38.2. The van der Waals surface area contributed by atoms with E-state index in [0.29, 0.717) is 5.56 Å². The van der Waals surface area contributed by atoms with Crippen molar-refractivity contribution in [3.8, 4) is 5.75 Å². The van der Waals surface area contributed by atoms with E-state index in [1.54, 1.807) is 26.8 Å². The van der Waals surface area contributed by atoms with Gasteiger partial charge in [0.1, 0.15) is 18.2 Å². The van der Waals surface area contributed by atoms with E-state index in [0.717, 1.165) is 6.07 Å². The maximum atomic E-state index is 13.5. The van der Waals surface area contributed by atoms with Crippen LogP contribution < -0.4 is 20.7 Å². The van der Waals surface area contributed by atoms with Gasteiger partial charge in [-0.15, -0.1) is 0 Å². The average Bonchev–Trinajstić information content (AvgIpc) is 2.88. The predicted octanol–water partition coefficient (Wildman–Crippen LogP) is 6.94. The number of halogens is 5. The molecule has 0 saturated heterocycles. The summed E-state index contributed by atoms with van der Waals surface area (Å²) in [6, 6.07) is 12.1. The number of carbonyl (C=O) groups excluding carboxylic acids is 3. The third-order valence-corrected chi connectivity index (χ3v) is 6.05. The van der Waals surface area contributed by atoms with E-state index >= 15 is 0 Å². The number of alkyl halides is 2. The number of anilines is 2. The van der Waals surface area contributed by atoms with Crippen molar-refractivity contribution in [3.63, 3.8) is 0 Å². The van der Waals surface area contributed by atoms with Crippen LogP contribution in [0.4, 0.5) is 24.5 Å². The summed E-state index contributed by atoms with van der Waals surface area (Å²) >= 11 is 12.0. The van der Waals surface area contributed by atoms with E-state index in [2.05, 4.69) is 16.0 Å². The first kappa shape index (κ1) is 30.8. The molecule has 3 N–H and O–H groups in total. The van der Waals surface area contributed by atoms with Crippen molar-refractivity contribution in [3.05, 3.63) is 87.2 Å². The lowest BCUT2D eigenvalue weighted by Crippen LogP contribution is -2.34. The molecule has 3 aromatic carbocycles. The lowest BCUT2D eigenvalue weighted by atomic mass is 9.95. The average molecular weight is 596 g/mol. The van der Waals surface area contributed by atoms with Crippen LogP contribution in [0, 0.1) is 11.2 Å². The highest BCUT2D eigenvalue weighted by atomic mass is 35.5. The molecular formula is C28H26Cl2F3N3O4. The first-order valence-corrected chi connectivity index (χ1v) is 12.7. The highest BCUT2D eigenvalue weighted by Crippen LogP contribution is 2.27. The number of carbonyl (C=O) groups is 3. The van der Waals surface area contributed by atoms with Gasteiger partial charge >= 0.3 is 0 Å². The molecule has 7 nitrogen and oxygen atoms in total. The number of amides is 3. The van der Waals surface area contributed by atoms with Gasteiger partial charge in [-0.25, -0.2) is 13.2 Å². The lowest BCUT2D eigenvalue weighted by Gasteiger charge is -2.18. The SMILES string of the molecule is CC(C)(C)C(=O)NCc1ccc(Cl)c(C(=O)Nc2ccc(OCC(F)F)c(C(=O)Nc3ccc(F)c(Cl)c3)c2)c1. The summed E-state index contributed by atoms with van der Waals surface area (Å²) in [5.74, 6) is -2.43. The Morgan fingerprint density at radius 1 is 0.850 bits per heavy atom. The second-order valence-corrected chi connectivity index (χ2v) is 10.5. The van der Waals surface area contributed by atoms with Crippen LogP contribution in [0.25, 0.3) is 0 Å². The molecule has 0 unspecified atom stereocenters. The standard InChI is InChI=1S/C28H26Cl2F3N3O4/c1-28(2,3)27(39)34-13-15-4-7-20(29)18(10-15)25(37)35-16-6-9-23(40-14-24(32)33)19(11-16)26(38)36-17-5-8-22(31)21(30)12-17/h4-12,24H,13-14H2,1-3H3,(H,34,39)(H,35,37)(H,36,38). The molecule has 0 saturated carbocycles. The highest BCUT2D eigenvalue weighted by molar-refractivity contribution is 6.34. The third kappa shape index (κ3) is 8.37. The number of rotatable bonds is 9. The van der Waals surface area contributed by atoms with Crippen molar-refractivity contribution in [1.29, 1.82) is 0 Å². The maximum absolute atomic E-state index is 13.5. The molecule has 3 rings (SSSR count). The van der Waals surface area contributed by atoms with E-state index in [9.17, 15) is 27.6 Å². The van der Waals surface area contributed by atoms with Gasteiger partial charge in [-0.3, -0.25) is 14.4 Å². The number of nitrogens with one attached hydrogen (secondary N) is 3.